The van der Waals surface area contributed by atoms with Crippen LogP contribution in [0.25, 0.3) is 11.3 Å². The molecule has 2 aromatic rings. The summed E-state index contributed by atoms with van der Waals surface area (Å²) < 4.78 is 27.4. The van der Waals surface area contributed by atoms with E-state index in [9.17, 15) is 13.2 Å². The number of hydrogen-bond acceptors (Lipinski definition) is 5. The second-order valence-electron chi connectivity index (χ2n) is 8.82. The van der Waals surface area contributed by atoms with Crippen molar-refractivity contribution in [3.63, 3.8) is 0 Å². The Bertz CT molecular complexity index is 1040. The molecule has 0 radical (unpaired) electrons. The molecule has 2 N–H and O–H groups in total. The number of benzene rings is 1. The van der Waals surface area contributed by atoms with Gasteiger partial charge in [-0.1, -0.05) is 24.6 Å². The van der Waals surface area contributed by atoms with Gasteiger partial charge >= 0.3 is 6.09 Å². The molecule has 2 aliphatic rings. The van der Waals surface area contributed by atoms with Crippen molar-refractivity contribution in [2.75, 3.05) is 37.6 Å². The molecule has 33 heavy (non-hydrogen) atoms. The summed E-state index contributed by atoms with van der Waals surface area (Å²) in [5.41, 5.74) is 1.71. The maximum Gasteiger partial charge on any atom is 0.404 e. The number of nitrogens with one attached hydrogen (secondary N) is 1. The van der Waals surface area contributed by atoms with Crippen LogP contribution in [-0.4, -0.2) is 61.6 Å². The van der Waals surface area contributed by atoms with Crippen molar-refractivity contribution in [2.45, 2.75) is 43.4 Å². The van der Waals surface area contributed by atoms with E-state index in [4.69, 9.17) is 10.1 Å². The molecule has 1 aromatic heterocycles. The number of sulfonamides is 1. The van der Waals surface area contributed by atoms with E-state index in [0.29, 0.717) is 30.4 Å². The van der Waals surface area contributed by atoms with Gasteiger partial charge in [-0.3, -0.25) is 0 Å². The zero-order valence-electron chi connectivity index (χ0n) is 18.8. The first kappa shape index (κ1) is 23.5. The van der Waals surface area contributed by atoms with E-state index in [1.165, 1.54) is 0 Å². The van der Waals surface area contributed by atoms with Crippen LogP contribution in [0.2, 0.25) is 0 Å². The number of piperidine rings is 2. The molecular weight excluding hydrogens is 440 g/mol. The van der Waals surface area contributed by atoms with Crippen LogP contribution in [0.1, 0.15) is 38.5 Å². The fourth-order valence-corrected chi connectivity index (χ4v) is 6.16. The Labute approximate surface area is 195 Å². The first-order valence-corrected chi connectivity index (χ1v) is 13.2. The maximum absolute atomic E-state index is 12.9. The Kier molecular flexibility index (Phi) is 7.49. The van der Waals surface area contributed by atoms with Crippen molar-refractivity contribution in [1.82, 2.24) is 14.6 Å². The van der Waals surface area contributed by atoms with Gasteiger partial charge in [0.05, 0.1) is 10.6 Å². The van der Waals surface area contributed by atoms with E-state index in [0.717, 1.165) is 68.7 Å². The second-order valence-corrected chi connectivity index (χ2v) is 10.8. The Morgan fingerprint density at radius 3 is 2.36 bits per heavy atom. The average Bonchev–Trinajstić information content (AvgIpc) is 2.85. The molecule has 1 aromatic carbocycles. The predicted molar refractivity (Wildman–Crippen MR) is 128 cm³/mol. The summed E-state index contributed by atoms with van der Waals surface area (Å²) in [6.45, 7) is 3.47. The highest BCUT2D eigenvalue weighted by molar-refractivity contribution is 7.89. The lowest BCUT2D eigenvalue weighted by molar-refractivity contribution is 0.193. The number of rotatable bonds is 7. The monoisotopic (exact) mass is 472 g/mol. The van der Waals surface area contributed by atoms with Crippen molar-refractivity contribution in [1.29, 1.82) is 0 Å². The minimum Gasteiger partial charge on any atom is -0.465 e. The lowest BCUT2D eigenvalue weighted by atomic mass is 9.93. The van der Waals surface area contributed by atoms with E-state index in [1.54, 1.807) is 16.4 Å². The fourth-order valence-electron chi connectivity index (χ4n) is 4.65. The molecule has 2 saturated heterocycles. The molecule has 4 rings (SSSR count). The highest BCUT2D eigenvalue weighted by Crippen LogP contribution is 2.27. The van der Waals surface area contributed by atoms with E-state index in [2.05, 4.69) is 10.2 Å². The van der Waals surface area contributed by atoms with Crippen LogP contribution in [0.5, 0.6) is 0 Å². The Morgan fingerprint density at radius 1 is 1.00 bits per heavy atom. The number of carboxylic acid groups (broad SMARTS) is 1. The molecule has 9 heteroatoms. The zero-order chi connectivity index (χ0) is 23.3. The molecule has 8 nitrogen and oxygen atoms in total. The Morgan fingerprint density at radius 2 is 1.70 bits per heavy atom. The molecular formula is C24H32N4O4S. The number of amides is 1. The SMILES string of the molecule is O=C(O)NCCC1CCN(c2cccc(-c3ccc(S(=O)(=O)N4CCCCC4)cc3)n2)CC1. The van der Waals surface area contributed by atoms with Gasteiger partial charge in [0.15, 0.2) is 0 Å². The lowest BCUT2D eigenvalue weighted by Gasteiger charge is -2.33. The van der Waals surface area contributed by atoms with Gasteiger partial charge in [0, 0.05) is 38.3 Å². The van der Waals surface area contributed by atoms with Crippen LogP contribution in [0.3, 0.4) is 0 Å². The molecule has 0 saturated carbocycles. The molecule has 178 valence electrons. The van der Waals surface area contributed by atoms with E-state index < -0.39 is 16.1 Å². The topological polar surface area (TPSA) is 103 Å². The number of pyridine rings is 1. The van der Waals surface area contributed by atoms with Crippen molar-refractivity contribution in [3.05, 3.63) is 42.5 Å². The summed E-state index contributed by atoms with van der Waals surface area (Å²) in [4.78, 5) is 18.0. The highest BCUT2D eigenvalue weighted by atomic mass is 32.2. The Balaban J connectivity index is 1.39. The summed E-state index contributed by atoms with van der Waals surface area (Å²) in [7, 11) is -3.44. The van der Waals surface area contributed by atoms with Gasteiger partial charge in [0.1, 0.15) is 5.82 Å². The second kappa shape index (κ2) is 10.5. The lowest BCUT2D eigenvalue weighted by Crippen LogP contribution is -2.35. The van der Waals surface area contributed by atoms with Crippen LogP contribution < -0.4 is 10.2 Å². The third-order valence-corrected chi connectivity index (χ3v) is 8.52. The largest absolute Gasteiger partial charge is 0.465 e. The normalized spacial score (nSPS) is 18.2. The van der Waals surface area contributed by atoms with Gasteiger partial charge in [-0.25, -0.2) is 18.2 Å². The number of carbonyl (C=O) groups is 1. The molecule has 0 bridgehead atoms. The van der Waals surface area contributed by atoms with Crippen LogP contribution in [0.4, 0.5) is 10.6 Å². The van der Waals surface area contributed by atoms with Gasteiger partial charge in [0.2, 0.25) is 10.0 Å². The van der Waals surface area contributed by atoms with Crippen LogP contribution in [0.15, 0.2) is 47.4 Å². The van der Waals surface area contributed by atoms with E-state index in [-0.39, 0.29) is 0 Å². The van der Waals surface area contributed by atoms with Gasteiger partial charge in [-0.05, 0) is 62.3 Å². The molecule has 0 unspecified atom stereocenters. The van der Waals surface area contributed by atoms with Gasteiger partial charge in [0.25, 0.3) is 0 Å². The van der Waals surface area contributed by atoms with Gasteiger partial charge < -0.3 is 15.3 Å². The van der Waals surface area contributed by atoms with Crippen molar-refractivity contribution in [3.8, 4) is 11.3 Å². The van der Waals surface area contributed by atoms with Gasteiger partial charge in [-0.15, -0.1) is 0 Å². The molecule has 0 aliphatic carbocycles. The standard InChI is InChI=1S/C24H32N4O4S/c29-24(30)25-14-11-19-12-17-27(18-13-19)23-6-4-5-22(26-23)20-7-9-21(10-8-20)33(31,32)28-15-2-1-3-16-28/h4-10,19,25H,1-3,11-18H2,(H,29,30). The predicted octanol–water partition coefficient (Wildman–Crippen LogP) is 3.80. The first-order chi connectivity index (χ1) is 15.9. The summed E-state index contributed by atoms with van der Waals surface area (Å²) >= 11 is 0. The van der Waals surface area contributed by atoms with E-state index >= 15 is 0 Å². The van der Waals surface area contributed by atoms with Crippen molar-refractivity contribution in [2.24, 2.45) is 5.92 Å². The molecule has 1 amide bonds. The van der Waals surface area contributed by atoms with Crippen molar-refractivity contribution < 1.29 is 18.3 Å². The minimum absolute atomic E-state index is 0.337. The molecule has 3 heterocycles. The van der Waals surface area contributed by atoms with Crippen LogP contribution in [0, 0.1) is 5.92 Å². The number of nitrogens with zero attached hydrogens (tertiary/aromatic N) is 3. The number of aromatic nitrogens is 1. The highest BCUT2D eigenvalue weighted by Gasteiger charge is 2.26. The summed E-state index contributed by atoms with van der Waals surface area (Å²) in [6, 6.07) is 13.0. The van der Waals surface area contributed by atoms with Crippen molar-refractivity contribution >= 4 is 21.9 Å². The maximum atomic E-state index is 12.9. The fraction of sp³-hybridized carbons (Fsp3) is 0.500. The first-order valence-electron chi connectivity index (χ1n) is 11.7. The Hall–Kier alpha value is -2.65. The van der Waals surface area contributed by atoms with Gasteiger partial charge in [-0.2, -0.15) is 4.31 Å². The molecule has 2 fully saturated rings. The summed E-state index contributed by atoms with van der Waals surface area (Å²) in [6.07, 6.45) is 4.85. The third kappa shape index (κ3) is 5.83. The molecule has 2 aliphatic heterocycles. The zero-order valence-corrected chi connectivity index (χ0v) is 19.6. The smallest absolute Gasteiger partial charge is 0.404 e. The molecule has 0 spiro atoms. The number of hydrogen-bond donors (Lipinski definition) is 2. The average molecular weight is 473 g/mol. The minimum atomic E-state index is -3.44. The third-order valence-electron chi connectivity index (χ3n) is 6.60. The van der Waals surface area contributed by atoms with Crippen LogP contribution in [-0.2, 0) is 10.0 Å². The number of anilines is 1. The molecule has 0 atom stereocenters. The van der Waals surface area contributed by atoms with Crippen LogP contribution >= 0.6 is 0 Å². The van der Waals surface area contributed by atoms with E-state index in [1.807, 2.05) is 30.3 Å². The quantitative estimate of drug-likeness (QED) is 0.635. The summed E-state index contributed by atoms with van der Waals surface area (Å²) in [5, 5.41) is 11.2. The summed E-state index contributed by atoms with van der Waals surface area (Å²) in [5.74, 6) is 1.44.